The highest BCUT2D eigenvalue weighted by atomic mass is 16.6. The Kier molecular flexibility index (Phi) is 9.21. The molecule has 0 spiro atoms. The number of hydrogen-bond donors (Lipinski definition) is 2. The first-order valence-electron chi connectivity index (χ1n) is 9.80. The predicted molar refractivity (Wildman–Crippen MR) is 109 cm³/mol. The minimum atomic E-state index is -0.514. The molecule has 0 bridgehead atoms. The van der Waals surface area contributed by atoms with E-state index < -0.39 is 5.60 Å². The number of nitrogens with one attached hydrogen (secondary N) is 2. The van der Waals surface area contributed by atoms with Gasteiger partial charge in [-0.3, -0.25) is 0 Å². The molecule has 0 radical (unpaired) electrons. The van der Waals surface area contributed by atoms with E-state index in [1.165, 1.54) is 0 Å². The van der Waals surface area contributed by atoms with Gasteiger partial charge in [-0.25, -0.2) is 9.79 Å². The molecule has 0 aliphatic heterocycles. The average molecular weight is 397 g/mol. The molecule has 0 aliphatic carbocycles. The monoisotopic (exact) mass is 396 g/mol. The van der Waals surface area contributed by atoms with Crippen molar-refractivity contribution in [2.75, 3.05) is 20.1 Å². The number of alkyl carbamates (subject to hydrolysis) is 1. The summed E-state index contributed by atoms with van der Waals surface area (Å²) < 4.78 is 10.5. The third-order valence-electron chi connectivity index (χ3n) is 3.91. The molecule has 1 heterocycles. The maximum atomic E-state index is 12.1. The molecule has 1 aromatic heterocycles. The molecular weight excluding hydrogens is 360 g/mol. The SMILES string of the molecule is CCNC(=NCc1nc(C)no1)N(C)CCC(NC(=O)OC(C)(C)C)C(C)C. The van der Waals surface area contributed by atoms with Gasteiger partial charge < -0.3 is 24.8 Å². The largest absolute Gasteiger partial charge is 0.444 e. The van der Waals surface area contributed by atoms with E-state index in [1.54, 1.807) is 6.92 Å². The van der Waals surface area contributed by atoms with Crippen LogP contribution >= 0.6 is 0 Å². The molecule has 0 aliphatic rings. The fourth-order valence-corrected chi connectivity index (χ4v) is 2.49. The van der Waals surface area contributed by atoms with Crippen molar-refractivity contribution in [3.63, 3.8) is 0 Å². The lowest BCUT2D eigenvalue weighted by Crippen LogP contribution is -2.45. The highest BCUT2D eigenvalue weighted by Gasteiger charge is 2.22. The lowest BCUT2D eigenvalue weighted by atomic mass is 10.0. The molecule has 0 fully saturated rings. The Morgan fingerprint density at radius 3 is 2.54 bits per heavy atom. The van der Waals surface area contributed by atoms with Crippen molar-refractivity contribution < 1.29 is 14.1 Å². The molecule has 1 aromatic rings. The lowest BCUT2D eigenvalue weighted by molar-refractivity contribution is 0.0486. The molecule has 1 amide bonds. The minimum absolute atomic E-state index is 0.00114. The normalized spacial score (nSPS) is 13.4. The summed E-state index contributed by atoms with van der Waals surface area (Å²) in [7, 11) is 1.96. The van der Waals surface area contributed by atoms with Gasteiger partial charge in [-0.15, -0.1) is 0 Å². The molecule has 0 aromatic carbocycles. The van der Waals surface area contributed by atoms with E-state index in [-0.39, 0.29) is 18.1 Å². The zero-order valence-electron chi connectivity index (χ0n) is 18.5. The van der Waals surface area contributed by atoms with Crippen molar-refractivity contribution in [3.8, 4) is 0 Å². The molecule has 0 saturated heterocycles. The zero-order valence-corrected chi connectivity index (χ0v) is 18.5. The van der Waals surface area contributed by atoms with Crippen LogP contribution in [-0.4, -0.2) is 58.9 Å². The molecule has 28 heavy (non-hydrogen) atoms. The van der Waals surface area contributed by atoms with Crippen LogP contribution in [0.2, 0.25) is 0 Å². The first kappa shape index (κ1) is 23.7. The first-order valence-corrected chi connectivity index (χ1v) is 9.80. The molecule has 1 atom stereocenters. The van der Waals surface area contributed by atoms with Crippen LogP contribution in [0.3, 0.4) is 0 Å². The summed E-state index contributed by atoms with van der Waals surface area (Å²) in [5.41, 5.74) is -0.514. The number of guanidine groups is 1. The fourth-order valence-electron chi connectivity index (χ4n) is 2.49. The Morgan fingerprint density at radius 2 is 2.04 bits per heavy atom. The number of carbonyl (C=O) groups excluding carboxylic acids is 1. The quantitative estimate of drug-likeness (QED) is 0.514. The van der Waals surface area contributed by atoms with E-state index in [2.05, 4.69) is 39.6 Å². The Hall–Kier alpha value is -2.32. The Labute approximate surface area is 168 Å². The van der Waals surface area contributed by atoms with Crippen LogP contribution in [-0.2, 0) is 11.3 Å². The summed E-state index contributed by atoms with van der Waals surface area (Å²) in [6.07, 6.45) is 0.374. The second kappa shape index (κ2) is 10.9. The number of rotatable bonds is 8. The highest BCUT2D eigenvalue weighted by molar-refractivity contribution is 5.79. The molecule has 0 saturated carbocycles. The molecule has 1 unspecified atom stereocenters. The average Bonchev–Trinajstić information content (AvgIpc) is 2.98. The number of amides is 1. The van der Waals surface area contributed by atoms with Gasteiger partial charge in [-0.2, -0.15) is 4.98 Å². The smallest absolute Gasteiger partial charge is 0.407 e. The van der Waals surface area contributed by atoms with E-state index in [4.69, 9.17) is 9.26 Å². The first-order chi connectivity index (χ1) is 13.0. The van der Waals surface area contributed by atoms with E-state index in [1.807, 2.05) is 39.6 Å². The van der Waals surface area contributed by atoms with Gasteiger partial charge in [-0.1, -0.05) is 19.0 Å². The maximum absolute atomic E-state index is 12.1. The van der Waals surface area contributed by atoms with Crippen LogP contribution in [0.1, 0.15) is 59.7 Å². The van der Waals surface area contributed by atoms with Crippen molar-refractivity contribution in [3.05, 3.63) is 11.7 Å². The van der Waals surface area contributed by atoms with Crippen molar-refractivity contribution in [2.45, 2.75) is 73.1 Å². The summed E-state index contributed by atoms with van der Waals surface area (Å²) in [5.74, 6) is 2.10. The maximum Gasteiger partial charge on any atom is 0.407 e. The molecule has 9 heteroatoms. The summed E-state index contributed by atoms with van der Waals surface area (Å²) in [5, 5.41) is 10.0. The van der Waals surface area contributed by atoms with Crippen LogP contribution in [0, 0.1) is 12.8 Å². The standard InChI is InChI=1S/C19H36N6O3/c1-9-20-17(21-12-16-22-14(4)24-28-16)25(8)11-10-15(13(2)3)23-18(26)27-19(5,6)7/h13,15H,9-12H2,1-8H3,(H,20,21)(H,23,26). The number of aryl methyl sites for hydroxylation is 1. The number of aliphatic imine (C=N–C) groups is 1. The van der Waals surface area contributed by atoms with Crippen LogP contribution in [0.5, 0.6) is 0 Å². The Morgan fingerprint density at radius 1 is 1.36 bits per heavy atom. The zero-order chi connectivity index (χ0) is 21.3. The summed E-state index contributed by atoms with van der Waals surface area (Å²) in [6.45, 7) is 15.3. The van der Waals surface area contributed by atoms with Crippen molar-refractivity contribution in [2.24, 2.45) is 10.9 Å². The van der Waals surface area contributed by atoms with Gasteiger partial charge in [-0.05, 0) is 47.0 Å². The van der Waals surface area contributed by atoms with Crippen molar-refractivity contribution in [1.29, 1.82) is 0 Å². The number of ether oxygens (including phenoxy) is 1. The van der Waals surface area contributed by atoms with Gasteiger partial charge in [0.2, 0.25) is 5.89 Å². The van der Waals surface area contributed by atoms with Crippen LogP contribution in [0.4, 0.5) is 4.79 Å². The Bertz CT molecular complexity index is 636. The summed E-state index contributed by atoms with van der Waals surface area (Å²) in [6, 6.07) is -0.00114. The van der Waals surface area contributed by atoms with E-state index >= 15 is 0 Å². The minimum Gasteiger partial charge on any atom is -0.444 e. The second-order valence-electron chi connectivity index (χ2n) is 8.11. The highest BCUT2D eigenvalue weighted by Crippen LogP contribution is 2.11. The summed E-state index contributed by atoms with van der Waals surface area (Å²) in [4.78, 5) is 22.9. The van der Waals surface area contributed by atoms with Gasteiger partial charge in [0.1, 0.15) is 12.1 Å². The number of hydrogen-bond acceptors (Lipinski definition) is 6. The second-order valence-corrected chi connectivity index (χ2v) is 8.11. The van der Waals surface area contributed by atoms with Gasteiger partial charge >= 0.3 is 6.09 Å². The van der Waals surface area contributed by atoms with Crippen molar-refractivity contribution >= 4 is 12.1 Å². The molecule has 160 valence electrons. The topological polar surface area (TPSA) is 105 Å². The van der Waals surface area contributed by atoms with Crippen LogP contribution in [0.25, 0.3) is 0 Å². The van der Waals surface area contributed by atoms with Gasteiger partial charge in [0.05, 0.1) is 0 Å². The Balaban J connectivity index is 2.66. The summed E-state index contributed by atoms with van der Waals surface area (Å²) >= 11 is 0. The predicted octanol–water partition coefficient (Wildman–Crippen LogP) is 2.71. The van der Waals surface area contributed by atoms with Gasteiger partial charge in [0.25, 0.3) is 0 Å². The molecule has 2 N–H and O–H groups in total. The lowest BCUT2D eigenvalue weighted by Gasteiger charge is -2.28. The van der Waals surface area contributed by atoms with E-state index in [0.29, 0.717) is 24.8 Å². The fraction of sp³-hybridized carbons (Fsp3) is 0.789. The molecule has 1 rings (SSSR count). The molecule has 9 nitrogen and oxygen atoms in total. The number of aromatic nitrogens is 2. The third-order valence-corrected chi connectivity index (χ3v) is 3.91. The van der Waals surface area contributed by atoms with Crippen molar-refractivity contribution in [1.82, 2.24) is 25.7 Å². The van der Waals surface area contributed by atoms with E-state index in [0.717, 1.165) is 18.9 Å². The number of nitrogens with zero attached hydrogens (tertiary/aromatic N) is 4. The van der Waals surface area contributed by atoms with Crippen LogP contribution in [0.15, 0.2) is 9.52 Å². The van der Waals surface area contributed by atoms with Crippen LogP contribution < -0.4 is 10.6 Å². The van der Waals surface area contributed by atoms with E-state index in [9.17, 15) is 4.79 Å². The molecular formula is C19H36N6O3. The van der Waals surface area contributed by atoms with Gasteiger partial charge in [0, 0.05) is 26.2 Å². The third kappa shape index (κ3) is 9.05. The van der Waals surface area contributed by atoms with Gasteiger partial charge in [0.15, 0.2) is 11.8 Å². The number of carbonyl (C=O) groups is 1.